The highest BCUT2D eigenvalue weighted by Gasteiger charge is 2.46. The Kier molecular flexibility index (Phi) is 9.12. The van der Waals surface area contributed by atoms with Gasteiger partial charge >= 0.3 is 0 Å². The minimum atomic E-state index is -1.02. The van der Waals surface area contributed by atoms with Gasteiger partial charge in [0.2, 0.25) is 17.7 Å². The van der Waals surface area contributed by atoms with Crippen molar-refractivity contribution in [3.8, 4) is 6.07 Å². The molecule has 4 aromatic rings. The lowest BCUT2D eigenvalue weighted by Crippen LogP contribution is -2.54. The number of nitriles is 1. The number of hydrogen-bond donors (Lipinski definition) is 2. The first-order valence-corrected chi connectivity index (χ1v) is 19.7. The molecule has 5 amide bonds. The summed E-state index contributed by atoms with van der Waals surface area (Å²) < 4.78 is 0. The third-order valence-corrected chi connectivity index (χ3v) is 12.6. The summed E-state index contributed by atoms with van der Waals surface area (Å²) >= 11 is 1.41. The van der Waals surface area contributed by atoms with E-state index in [1.165, 1.54) is 11.8 Å². The van der Waals surface area contributed by atoms with Crippen LogP contribution in [0.1, 0.15) is 105 Å². The van der Waals surface area contributed by atoms with Crippen molar-refractivity contribution in [1.29, 1.82) is 5.26 Å². The van der Waals surface area contributed by atoms with Gasteiger partial charge in [-0.3, -0.25) is 39.0 Å². The van der Waals surface area contributed by atoms with Crippen LogP contribution in [0.2, 0.25) is 0 Å². The standard InChI is InChI=1S/C42H40N6O6S/c1-4-24-20-27-28(42(2,3)38-36(37(27)51)25-11-10-23(22-43)19-29(25)44-38)21-31(24)46-14-16-47(17-15-46)34(50)9-6-18-55-32-8-5-7-26-35(32)41(54)48(40(26)53)30-12-13-33(49)45-39(30)52/h5,7-8,10-11,19-21,30,44H,4,6,9,12-18H2,1-3H3,(H,45,49,52). The van der Waals surface area contributed by atoms with Crippen LogP contribution in [0.3, 0.4) is 0 Å². The molecule has 2 fully saturated rings. The average Bonchev–Trinajstić information content (AvgIpc) is 3.70. The third kappa shape index (κ3) is 5.99. The number of piperazine rings is 1. The number of aromatic amines is 1. The number of anilines is 1. The minimum absolute atomic E-state index is 0.0129. The number of nitrogens with zero attached hydrogens (tertiary/aromatic N) is 4. The Morgan fingerprint density at radius 1 is 0.964 bits per heavy atom. The van der Waals surface area contributed by atoms with Crippen molar-refractivity contribution in [2.45, 2.75) is 69.2 Å². The molecule has 1 atom stereocenters. The minimum Gasteiger partial charge on any atom is -0.368 e. The fourth-order valence-corrected chi connectivity index (χ4v) is 9.55. The van der Waals surface area contributed by atoms with Crippen molar-refractivity contribution < 1.29 is 28.8 Å². The molecule has 1 unspecified atom stereocenters. The van der Waals surface area contributed by atoms with Crippen LogP contribution in [0, 0.1) is 11.3 Å². The first-order valence-electron chi connectivity index (χ1n) is 18.7. The first-order chi connectivity index (χ1) is 26.4. The van der Waals surface area contributed by atoms with Gasteiger partial charge in [0.1, 0.15) is 6.04 Å². The lowest BCUT2D eigenvalue weighted by Gasteiger charge is -2.39. The summed E-state index contributed by atoms with van der Waals surface area (Å²) in [5.74, 6) is -1.53. The van der Waals surface area contributed by atoms with Crippen LogP contribution in [0.15, 0.2) is 53.4 Å². The van der Waals surface area contributed by atoms with Crippen molar-refractivity contribution >= 4 is 63.7 Å². The number of piperidine rings is 1. The van der Waals surface area contributed by atoms with Gasteiger partial charge < -0.3 is 14.8 Å². The summed E-state index contributed by atoms with van der Waals surface area (Å²) in [5.41, 5.74) is 6.69. The summed E-state index contributed by atoms with van der Waals surface area (Å²) in [7, 11) is 0. The molecule has 3 aliphatic heterocycles. The van der Waals surface area contributed by atoms with Gasteiger partial charge in [-0.05, 0) is 72.5 Å². The Hall–Kier alpha value is -5.74. The number of carbonyl (C=O) groups excluding carboxylic acids is 6. The van der Waals surface area contributed by atoms with E-state index in [2.05, 4.69) is 48.1 Å². The Morgan fingerprint density at radius 2 is 1.75 bits per heavy atom. The van der Waals surface area contributed by atoms with Crippen LogP contribution in [-0.2, 0) is 26.2 Å². The maximum absolute atomic E-state index is 14.1. The van der Waals surface area contributed by atoms with E-state index in [1.807, 2.05) is 17.0 Å². The number of carbonyl (C=O) groups is 6. The highest BCUT2D eigenvalue weighted by atomic mass is 32.2. The van der Waals surface area contributed by atoms with E-state index in [1.54, 1.807) is 30.3 Å². The Morgan fingerprint density at radius 3 is 2.47 bits per heavy atom. The molecule has 0 radical (unpaired) electrons. The molecular weight excluding hydrogens is 717 g/mol. The predicted molar refractivity (Wildman–Crippen MR) is 206 cm³/mol. The number of hydrogen-bond acceptors (Lipinski definition) is 9. The highest BCUT2D eigenvalue weighted by molar-refractivity contribution is 7.99. The van der Waals surface area contributed by atoms with Crippen molar-refractivity contribution in [1.82, 2.24) is 20.1 Å². The zero-order valence-electron chi connectivity index (χ0n) is 30.9. The smallest absolute Gasteiger partial charge is 0.263 e. The second-order valence-electron chi connectivity index (χ2n) is 15.0. The van der Waals surface area contributed by atoms with Crippen LogP contribution in [0.5, 0.6) is 0 Å². The number of rotatable bonds is 8. The van der Waals surface area contributed by atoms with Gasteiger partial charge in [-0.15, -0.1) is 11.8 Å². The number of fused-ring (bicyclic) bond motifs is 5. The highest BCUT2D eigenvalue weighted by Crippen LogP contribution is 2.46. The van der Waals surface area contributed by atoms with Gasteiger partial charge in [-0.2, -0.15) is 5.26 Å². The third-order valence-electron chi connectivity index (χ3n) is 11.5. The quantitative estimate of drug-likeness (QED) is 0.142. The molecule has 8 rings (SSSR count). The molecule has 2 saturated heterocycles. The second-order valence-corrected chi connectivity index (χ2v) is 16.2. The lowest BCUT2D eigenvalue weighted by atomic mass is 9.70. The number of aromatic nitrogens is 1. The Bertz CT molecular complexity index is 2400. The van der Waals surface area contributed by atoms with Gasteiger partial charge in [-0.25, -0.2) is 0 Å². The molecule has 0 bridgehead atoms. The molecule has 55 heavy (non-hydrogen) atoms. The van der Waals surface area contributed by atoms with E-state index in [0.29, 0.717) is 66.4 Å². The summed E-state index contributed by atoms with van der Waals surface area (Å²) in [4.78, 5) is 87.4. The number of thioether (sulfide) groups is 1. The molecule has 12 nitrogen and oxygen atoms in total. The summed E-state index contributed by atoms with van der Waals surface area (Å²) in [6, 6.07) is 15.8. The number of ketones is 1. The van der Waals surface area contributed by atoms with Gasteiger partial charge in [0.25, 0.3) is 11.8 Å². The van der Waals surface area contributed by atoms with Gasteiger partial charge in [0, 0.05) is 77.2 Å². The number of nitrogens with one attached hydrogen (secondary N) is 2. The maximum Gasteiger partial charge on any atom is 0.263 e. The van der Waals surface area contributed by atoms with Crippen LogP contribution in [-0.4, -0.2) is 88.1 Å². The summed E-state index contributed by atoms with van der Waals surface area (Å²) in [6.45, 7) is 8.80. The fraction of sp³-hybridized carbons (Fsp3) is 0.357. The second kappa shape index (κ2) is 13.8. The monoisotopic (exact) mass is 756 g/mol. The van der Waals surface area contributed by atoms with E-state index in [4.69, 9.17) is 0 Å². The topological polar surface area (TPSA) is 164 Å². The first kappa shape index (κ1) is 36.2. The molecule has 0 saturated carbocycles. The molecule has 280 valence electrons. The molecule has 1 aromatic heterocycles. The van der Waals surface area contributed by atoms with Gasteiger partial charge in [0.05, 0.1) is 28.3 Å². The Labute approximate surface area is 322 Å². The molecule has 2 N–H and O–H groups in total. The van der Waals surface area contributed by atoms with Crippen LogP contribution < -0.4 is 10.2 Å². The van der Waals surface area contributed by atoms with Crippen molar-refractivity contribution in [3.05, 3.63) is 93.2 Å². The van der Waals surface area contributed by atoms with E-state index in [-0.39, 0.29) is 35.7 Å². The van der Waals surface area contributed by atoms with Crippen LogP contribution in [0.25, 0.3) is 10.9 Å². The Balaban J connectivity index is 0.900. The molecule has 4 aliphatic rings. The SMILES string of the molecule is CCc1cc2c(cc1N1CCN(C(=O)CCCSc3cccc4c3C(=O)N(C3CCC(=O)NC3=O)C4=O)CC1)C(C)(C)c1[nH]c3cc(C#N)ccc3c1C2=O. The molecule has 1 aliphatic carbocycles. The van der Waals surface area contributed by atoms with E-state index in [9.17, 15) is 34.0 Å². The largest absolute Gasteiger partial charge is 0.368 e. The normalized spacial score (nSPS) is 19.0. The zero-order chi connectivity index (χ0) is 38.8. The van der Waals surface area contributed by atoms with Crippen molar-refractivity contribution in [2.75, 3.05) is 36.8 Å². The fourth-order valence-electron chi connectivity index (χ4n) is 8.52. The van der Waals surface area contributed by atoms with E-state index in [0.717, 1.165) is 44.7 Å². The summed E-state index contributed by atoms with van der Waals surface area (Å²) in [5, 5.41) is 12.5. The van der Waals surface area contributed by atoms with Crippen molar-refractivity contribution in [3.63, 3.8) is 0 Å². The van der Waals surface area contributed by atoms with E-state index < -0.39 is 35.1 Å². The number of H-pyrrole nitrogens is 1. The number of benzene rings is 3. The molecule has 13 heteroatoms. The molecule has 4 heterocycles. The predicted octanol–water partition coefficient (Wildman–Crippen LogP) is 5.09. The van der Waals surface area contributed by atoms with Gasteiger partial charge in [0.15, 0.2) is 5.78 Å². The molecule has 0 spiro atoms. The number of aryl methyl sites for hydroxylation is 1. The summed E-state index contributed by atoms with van der Waals surface area (Å²) in [6.07, 6.45) is 1.82. The van der Waals surface area contributed by atoms with Gasteiger partial charge in [-0.1, -0.05) is 32.9 Å². The van der Waals surface area contributed by atoms with Crippen LogP contribution in [0.4, 0.5) is 5.69 Å². The number of amides is 5. The zero-order valence-corrected chi connectivity index (χ0v) is 31.7. The van der Waals surface area contributed by atoms with E-state index >= 15 is 0 Å². The van der Waals surface area contributed by atoms with Crippen LogP contribution >= 0.6 is 11.8 Å². The van der Waals surface area contributed by atoms with Crippen molar-refractivity contribution in [2.24, 2.45) is 0 Å². The molecular formula is C42H40N6O6S. The maximum atomic E-state index is 14.1. The molecule has 3 aromatic carbocycles. The lowest BCUT2D eigenvalue weighted by molar-refractivity contribution is -0.136. The number of imide groups is 2. The average molecular weight is 757 g/mol.